The second-order valence-corrected chi connectivity index (χ2v) is 4.00. The van der Waals surface area contributed by atoms with E-state index < -0.39 is 35.9 Å². The molecule has 0 bridgehead atoms. The summed E-state index contributed by atoms with van der Waals surface area (Å²) in [7, 11) is 0. The molecular weight excluding hydrogens is 309 g/mol. The van der Waals surface area contributed by atoms with Crippen molar-refractivity contribution < 1.29 is 44.3 Å². The van der Waals surface area contributed by atoms with Crippen LogP contribution < -0.4 is 5.32 Å². The molecule has 1 atom stereocenters. The van der Waals surface area contributed by atoms with Crippen LogP contribution in [0.1, 0.15) is 20.3 Å². The van der Waals surface area contributed by atoms with E-state index in [0.717, 1.165) is 6.92 Å². The maximum Gasteiger partial charge on any atom is 0.460 e. The number of hydrogen-bond acceptors (Lipinski definition) is 1. The number of rotatable bonds is 5. The van der Waals surface area contributed by atoms with Gasteiger partial charge < -0.3 is 5.32 Å². The number of carbonyl (C=O) groups excluding carboxylic acids is 1. The third-order valence-electron chi connectivity index (χ3n) is 2.42. The Morgan fingerprint density at radius 2 is 1.35 bits per heavy atom. The highest BCUT2D eigenvalue weighted by Crippen LogP contribution is 2.53. The van der Waals surface area contributed by atoms with E-state index in [1.165, 1.54) is 12.2 Å². The summed E-state index contributed by atoms with van der Waals surface area (Å²) in [4.78, 5) is 10.8. The molecule has 0 aromatic rings. The van der Waals surface area contributed by atoms with E-state index in [2.05, 4.69) is 0 Å². The van der Waals surface area contributed by atoms with Crippen molar-refractivity contribution in [2.45, 2.75) is 50.3 Å². The Balaban J connectivity index is 5.52. The van der Waals surface area contributed by atoms with Gasteiger partial charge in [-0.15, -0.1) is 0 Å². The lowest BCUT2D eigenvalue weighted by molar-refractivity contribution is -0.388. The first-order valence-corrected chi connectivity index (χ1v) is 5.14. The first-order chi connectivity index (χ1) is 8.63. The lowest BCUT2D eigenvalue weighted by Gasteiger charge is -2.33. The van der Waals surface area contributed by atoms with Gasteiger partial charge in [-0.25, -0.2) is 0 Å². The van der Waals surface area contributed by atoms with Crippen molar-refractivity contribution in [2.75, 3.05) is 0 Å². The van der Waals surface area contributed by atoms with Gasteiger partial charge in [0, 0.05) is 6.04 Å². The Hall–Kier alpha value is -1.16. The summed E-state index contributed by atoms with van der Waals surface area (Å²) >= 11 is 0. The van der Waals surface area contributed by atoms with E-state index in [9.17, 15) is 44.3 Å². The minimum Gasteiger partial charge on any atom is -0.348 e. The average molecular weight is 319 g/mol. The van der Waals surface area contributed by atoms with Gasteiger partial charge in [0.2, 0.25) is 0 Å². The molecular formula is C9H10F9NO. The molecule has 0 spiro atoms. The maximum absolute atomic E-state index is 13.0. The van der Waals surface area contributed by atoms with Crippen molar-refractivity contribution in [3.8, 4) is 0 Å². The fourth-order valence-electron chi connectivity index (χ4n) is 0.934. The molecule has 0 radical (unpaired) electrons. The Morgan fingerprint density at radius 1 is 0.950 bits per heavy atom. The summed E-state index contributed by atoms with van der Waals surface area (Å²) in [5, 5.41) is 1.23. The predicted molar refractivity (Wildman–Crippen MR) is 48.8 cm³/mol. The predicted octanol–water partition coefficient (Wildman–Crippen LogP) is 3.37. The molecule has 1 amide bonds. The quantitative estimate of drug-likeness (QED) is 0.774. The summed E-state index contributed by atoms with van der Waals surface area (Å²) in [6, 6.07) is -1.11. The number of halogens is 9. The molecule has 0 aliphatic rings. The van der Waals surface area contributed by atoms with Crippen molar-refractivity contribution in [1.82, 2.24) is 5.32 Å². The number of carbonyl (C=O) groups is 1. The molecule has 11 heteroatoms. The van der Waals surface area contributed by atoms with Crippen molar-refractivity contribution in [2.24, 2.45) is 0 Å². The number of hydrogen-bond donors (Lipinski definition) is 1. The summed E-state index contributed by atoms with van der Waals surface area (Å²) in [5.41, 5.74) is 0. The van der Waals surface area contributed by atoms with Crippen molar-refractivity contribution in [3.05, 3.63) is 0 Å². The molecule has 2 nitrogen and oxygen atoms in total. The van der Waals surface area contributed by atoms with Crippen LogP contribution in [0.5, 0.6) is 0 Å². The molecule has 1 N–H and O–H groups in total. The van der Waals surface area contributed by atoms with Gasteiger partial charge in [0.25, 0.3) is 5.91 Å². The number of amides is 1. The van der Waals surface area contributed by atoms with Gasteiger partial charge in [0.05, 0.1) is 0 Å². The highest BCUT2D eigenvalue weighted by Gasteiger charge is 2.83. The van der Waals surface area contributed by atoms with Gasteiger partial charge in [-0.2, -0.15) is 39.5 Å². The second-order valence-electron chi connectivity index (χ2n) is 4.00. The molecule has 0 aromatic heterocycles. The van der Waals surface area contributed by atoms with Crippen LogP contribution in [0, 0.1) is 0 Å². The molecule has 120 valence electrons. The van der Waals surface area contributed by atoms with E-state index >= 15 is 0 Å². The third-order valence-corrected chi connectivity index (χ3v) is 2.42. The van der Waals surface area contributed by atoms with E-state index in [1.807, 2.05) is 0 Å². The Labute approximate surface area is 107 Å². The molecule has 0 heterocycles. The van der Waals surface area contributed by atoms with Crippen LogP contribution in [0.15, 0.2) is 0 Å². The lowest BCUT2D eigenvalue weighted by atomic mass is 10.0. The summed E-state index contributed by atoms with van der Waals surface area (Å²) in [5.74, 6) is -23.1. The van der Waals surface area contributed by atoms with Crippen molar-refractivity contribution in [1.29, 1.82) is 0 Å². The zero-order valence-electron chi connectivity index (χ0n) is 10.1. The zero-order valence-corrected chi connectivity index (χ0v) is 10.1. The fraction of sp³-hybridized carbons (Fsp3) is 0.889. The lowest BCUT2D eigenvalue weighted by Crippen LogP contribution is -2.65. The normalized spacial score (nSPS) is 15.9. The minimum atomic E-state index is -7.06. The van der Waals surface area contributed by atoms with E-state index in [0.29, 0.717) is 0 Å². The van der Waals surface area contributed by atoms with Gasteiger partial charge in [-0.1, -0.05) is 6.92 Å². The van der Waals surface area contributed by atoms with Gasteiger partial charge >= 0.3 is 23.9 Å². The highest BCUT2D eigenvalue weighted by atomic mass is 19.4. The Kier molecular flexibility index (Phi) is 5.01. The Bertz CT molecular complexity index is 363. The number of nitrogens with one attached hydrogen (secondary N) is 1. The van der Waals surface area contributed by atoms with Crippen LogP contribution in [-0.4, -0.2) is 35.9 Å². The smallest absolute Gasteiger partial charge is 0.348 e. The van der Waals surface area contributed by atoms with Gasteiger partial charge in [-0.3, -0.25) is 4.79 Å². The van der Waals surface area contributed by atoms with E-state index in [-0.39, 0.29) is 6.42 Å². The zero-order chi connectivity index (χ0) is 16.6. The van der Waals surface area contributed by atoms with Gasteiger partial charge in [0.1, 0.15) is 0 Å². The van der Waals surface area contributed by atoms with Gasteiger partial charge in [-0.05, 0) is 13.3 Å². The molecule has 0 aliphatic heterocycles. The first kappa shape index (κ1) is 18.8. The number of alkyl halides is 9. The maximum atomic E-state index is 13.0. The standard InChI is InChI=1S/C9H10F9NO/c1-3-4(2)19-5(20)6(10,11)7(12,13)8(14,15)9(16,17)18/h4H,3H2,1-2H3,(H,19,20). The second kappa shape index (κ2) is 5.32. The molecule has 0 saturated heterocycles. The molecule has 0 aromatic carbocycles. The van der Waals surface area contributed by atoms with Crippen LogP contribution in [0.25, 0.3) is 0 Å². The fourth-order valence-corrected chi connectivity index (χ4v) is 0.934. The van der Waals surface area contributed by atoms with E-state index in [1.54, 1.807) is 0 Å². The molecule has 0 aliphatic carbocycles. The third kappa shape index (κ3) is 2.95. The minimum absolute atomic E-state index is 0.0247. The van der Waals surface area contributed by atoms with Crippen LogP contribution in [-0.2, 0) is 4.79 Å². The largest absolute Gasteiger partial charge is 0.460 e. The van der Waals surface area contributed by atoms with Crippen LogP contribution in [0.2, 0.25) is 0 Å². The molecule has 1 unspecified atom stereocenters. The first-order valence-electron chi connectivity index (χ1n) is 5.14. The van der Waals surface area contributed by atoms with Crippen LogP contribution >= 0.6 is 0 Å². The summed E-state index contributed by atoms with van der Waals surface area (Å²) < 4.78 is 112. The highest BCUT2D eigenvalue weighted by molar-refractivity contribution is 5.85. The van der Waals surface area contributed by atoms with Crippen molar-refractivity contribution in [3.63, 3.8) is 0 Å². The monoisotopic (exact) mass is 319 g/mol. The van der Waals surface area contributed by atoms with Crippen LogP contribution in [0.3, 0.4) is 0 Å². The van der Waals surface area contributed by atoms with Crippen molar-refractivity contribution >= 4 is 5.91 Å². The average Bonchev–Trinajstić information content (AvgIpc) is 2.26. The molecule has 0 saturated carbocycles. The molecule has 0 fully saturated rings. The van der Waals surface area contributed by atoms with Crippen LogP contribution in [0.4, 0.5) is 39.5 Å². The van der Waals surface area contributed by atoms with E-state index in [4.69, 9.17) is 0 Å². The molecule has 0 rings (SSSR count). The summed E-state index contributed by atoms with van der Waals surface area (Å²) in [6.45, 7) is 2.42. The Morgan fingerprint density at radius 3 is 1.65 bits per heavy atom. The van der Waals surface area contributed by atoms with Gasteiger partial charge in [0.15, 0.2) is 0 Å². The topological polar surface area (TPSA) is 29.1 Å². The molecule has 20 heavy (non-hydrogen) atoms. The summed E-state index contributed by atoms with van der Waals surface area (Å²) in [6.07, 6.45) is -6.96. The SMILES string of the molecule is CCC(C)NC(=O)C(F)(F)C(F)(F)C(F)(F)C(F)(F)F.